The first-order valence-corrected chi connectivity index (χ1v) is 12.8. The van der Waals surface area contributed by atoms with Gasteiger partial charge < -0.3 is 10.5 Å². The molecule has 0 bridgehead atoms. The fourth-order valence-electron chi connectivity index (χ4n) is 5.50. The van der Waals surface area contributed by atoms with Gasteiger partial charge in [0, 0.05) is 19.6 Å². The van der Waals surface area contributed by atoms with Crippen molar-refractivity contribution < 1.29 is 17.9 Å². The van der Waals surface area contributed by atoms with Gasteiger partial charge in [0.05, 0.1) is 25.4 Å². The number of piperidine rings is 1. The van der Waals surface area contributed by atoms with E-state index < -0.39 is 21.7 Å². The normalized spacial score (nSPS) is 30.1. The van der Waals surface area contributed by atoms with Crippen molar-refractivity contribution in [3.8, 4) is 0 Å². The van der Waals surface area contributed by atoms with E-state index in [9.17, 15) is 13.2 Å². The third kappa shape index (κ3) is 3.55. The Morgan fingerprint density at radius 2 is 1.74 bits per heavy atom. The highest BCUT2D eigenvalue weighted by atomic mass is 32.2. The van der Waals surface area contributed by atoms with Gasteiger partial charge in [0.1, 0.15) is 5.54 Å². The number of anilines is 1. The van der Waals surface area contributed by atoms with Crippen LogP contribution in [-0.2, 0) is 25.2 Å². The van der Waals surface area contributed by atoms with E-state index in [1.807, 2.05) is 12.1 Å². The maximum Gasteiger partial charge on any atom is 0.305 e. The molecule has 1 aliphatic carbocycles. The van der Waals surface area contributed by atoms with Gasteiger partial charge in [-0.3, -0.25) is 14.0 Å². The Labute approximate surface area is 184 Å². The highest BCUT2D eigenvalue weighted by Crippen LogP contribution is 2.51. The number of carbonyl (C=O) groups is 1. The quantitative estimate of drug-likeness (QED) is 0.706. The zero-order valence-corrected chi connectivity index (χ0v) is 18.8. The first kappa shape index (κ1) is 21.2. The van der Waals surface area contributed by atoms with Gasteiger partial charge in [0.15, 0.2) is 0 Å². The molecular formula is C22H32N4O4S. The average Bonchev–Trinajstić information content (AvgIpc) is 3.53. The van der Waals surface area contributed by atoms with E-state index >= 15 is 0 Å². The summed E-state index contributed by atoms with van der Waals surface area (Å²) in [6.07, 6.45) is 5.53. The number of morpholine rings is 1. The van der Waals surface area contributed by atoms with Gasteiger partial charge in [-0.2, -0.15) is 12.7 Å². The van der Waals surface area contributed by atoms with Gasteiger partial charge in [-0.25, -0.2) is 0 Å². The minimum Gasteiger partial charge on any atom is -0.379 e. The molecule has 170 valence electrons. The van der Waals surface area contributed by atoms with Gasteiger partial charge in [-0.15, -0.1) is 0 Å². The SMILES string of the molecule is NC(=O)[C@]12CCCCN1S(=O)(=O)N(c1ccc(C3(CCN4CCOCC4)CC3)cc1)C2. The van der Waals surface area contributed by atoms with E-state index in [1.54, 1.807) is 0 Å². The highest BCUT2D eigenvalue weighted by molar-refractivity contribution is 7.90. The van der Waals surface area contributed by atoms with Gasteiger partial charge in [0.2, 0.25) is 5.91 Å². The van der Waals surface area contributed by atoms with Crippen molar-refractivity contribution >= 4 is 21.8 Å². The molecule has 0 unspecified atom stereocenters. The Morgan fingerprint density at radius 1 is 1.03 bits per heavy atom. The van der Waals surface area contributed by atoms with Crippen LogP contribution in [0.4, 0.5) is 5.69 Å². The lowest BCUT2D eigenvalue weighted by Crippen LogP contribution is -2.58. The number of benzene rings is 1. The van der Waals surface area contributed by atoms with Crippen LogP contribution >= 0.6 is 0 Å². The molecule has 1 saturated carbocycles. The lowest BCUT2D eigenvalue weighted by atomic mass is 9.88. The standard InChI is InChI=1S/C22H32N4O4S/c23-20(27)22-7-1-2-11-26(22)31(28,29)25(17-22)19-5-3-18(4-6-19)21(8-9-21)10-12-24-13-15-30-16-14-24/h3-6H,1-2,7-17H2,(H2,23,27)/t22-/m1/s1. The number of hydrogen-bond acceptors (Lipinski definition) is 5. The predicted molar refractivity (Wildman–Crippen MR) is 118 cm³/mol. The number of rotatable bonds is 6. The van der Waals surface area contributed by atoms with Crippen molar-refractivity contribution in [2.75, 3.05) is 50.2 Å². The summed E-state index contributed by atoms with van der Waals surface area (Å²) in [4.78, 5) is 14.8. The van der Waals surface area contributed by atoms with Crippen LogP contribution in [0, 0.1) is 0 Å². The van der Waals surface area contributed by atoms with E-state index in [0.717, 1.165) is 52.1 Å². The Balaban J connectivity index is 1.33. The summed E-state index contributed by atoms with van der Waals surface area (Å²) in [6, 6.07) is 7.94. The van der Waals surface area contributed by atoms with Gasteiger partial charge in [-0.05, 0) is 68.2 Å². The molecule has 0 radical (unpaired) electrons. The van der Waals surface area contributed by atoms with Crippen LogP contribution < -0.4 is 10.0 Å². The number of nitrogens with two attached hydrogens (primary N) is 1. The van der Waals surface area contributed by atoms with E-state index in [4.69, 9.17) is 10.5 Å². The van der Waals surface area contributed by atoms with Crippen LogP contribution in [0.2, 0.25) is 0 Å². The number of nitrogens with zero attached hydrogens (tertiary/aromatic N) is 3. The summed E-state index contributed by atoms with van der Waals surface area (Å²) in [5.41, 5.74) is 6.70. The molecule has 1 atom stereocenters. The molecule has 1 aromatic carbocycles. The van der Waals surface area contributed by atoms with Crippen molar-refractivity contribution in [2.45, 2.75) is 49.5 Å². The summed E-state index contributed by atoms with van der Waals surface area (Å²) in [5, 5.41) is 0. The first-order valence-electron chi connectivity index (χ1n) is 11.4. The Hall–Kier alpha value is -1.68. The lowest BCUT2D eigenvalue weighted by molar-refractivity contribution is -0.127. The molecule has 8 nitrogen and oxygen atoms in total. The van der Waals surface area contributed by atoms with E-state index in [-0.39, 0.29) is 12.0 Å². The second kappa shape index (κ2) is 7.72. The number of carbonyl (C=O) groups excluding carboxylic acids is 1. The molecule has 3 aliphatic heterocycles. The number of hydrogen-bond donors (Lipinski definition) is 1. The molecule has 0 aromatic heterocycles. The monoisotopic (exact) mass is 448 g/mol. The smallest absolute Gasteiger partial charge is 0.305 e. The third-order valence-corrected chi connectivity index (χ3v) is 9.72. The summed E-state index contributed by atoms with van der Waals surface area (Å²) in [5.74, 6) is -0.546. The second-order valence-electron chi connectivity index (χ2n) is 9.47. The molecule has 3 saturated heterocycles. The van der Waals surface area contributed by atoms with Crippen LogP contribution in [0.25, 0.3) is 0 Å². The first-order chi connectivity index (χ1) is 14.9. The Bertz CT molecular complexity index is 941. The molecule has 4 fully saturated rings. The van der Waals surface area contributed by atoms with Gasteiger partial charge in [-0.1, -0.05) is 12.1 Å². The second-order valence-corrected chi connectivity index (χ2v) is 11.2. The summed E-state index contributed by atoms with van der Waals surface area (Å²) < 4.78 is 34.6. The number of ether oxygens (including phenoxy) is 1. The summed E-state index contributed by atoms with van der Waals surface area (Å²) in [7, 11) is -3.75. The zero-order valence-electron chi connectivity index (χ0n) is 18.0. The van der Waals surface area contributed by atoms with E-state index in [2.05, 4.69) is 17.0 Å². The fourth-order valence-corrected chi connectivity index (χ4v) is 7.55. The maximum absolute atomic E-state index is 13.2. The maximum atomic E-state index is 13.2. The molecule has 1 amide bonds. The molecule has 4 aliphatic rings. The van der Waals surface area contributed by atoms with E-state index in [1.165, 1.54) is 27.0 Å². The van der Waals surface area contributed by atoms with Crippen molar-refractivity contribution in [3.05, 3.63) is 29.8 Å². The average molecular weight is 449 g/mol. The minimum absolute atomic E-state index is 0.103. The van der Waals surface area contributed by atoms with Crippen LogP contribution in [0.3, 0.4) is 0 Å². The van der Waals surface area contributed by atoms with Gasteiger partial charge >= 0.3 is 10.2 Å². The molecular weight excluding hydrogens is 416 g/mol. The third-order valence-electron chi connectivity index (χ3n) is 7.73. The van der Waals surface area contributed by atoms with Crippen molar-refractivity contribution in [1.29, 1.82) is 0 Å². The highest BCUT2D eigenvalue weighted by Gasteiger charge is 2.59. The molecule has 1 aromatic rings. The van der Waals surface area contributed by atoms with Crippen molar-refractivity contribution in [1.82, 2.24) is 9.21 Å². The minimum atomic E-state index is -3.75. The molecule has 31 heavy (non-hydrogen) atoms. The van der Waals surface area contributed by atoms with Crippen molar-refractivity contribution in [3.63, 3.8) is 0 Å². The summed E-state index contributed by atoms with van der Waals surface area (Å²) >= 11 is 0. The number of amides is 1. The molecule has 2 N–H and O–H groups in total. The van der Waals surface area contributed by atoms with Crippen LogP contribution in [0.1, 0.15) is 44.1 Å². The molecule has 5 rings (SSSR count). The summed E-state index contributed by atoms with van der Waals surface area (Å²) in [6.45, 7) is 5.16. The number of fused-ring (bicyclic) bond motifs is 1. The van der Waals surface area contributed by atoms with Crippen molar-refractivity contribution in [2.24, 2.45) is 5.73 Å². The fraction of sp³-hybridized carbons (Fsp3) is 0.682. The van der Waals surface area contributed by atoms with Gasteiger partial charge in [0.25, 0.3) is 0 Å². The van der Waals surface area contributed by atoms with Crippen LogP contribution in [0.5, 0.6) is 0 Å². The molecule has 9 heteroatoms. The topological polar surface area (TPSA) is 96.2 Å². The van der Waals surface area contributed by atoms with Crippen LogP contribution in [0.15, 0.2) is 24.3 Å². The Morgan fingerprint density at radius 3 is 2.35 bits per heavy atom. The zero-order chi connectivity index (χ0) is 21.7. The van der Waals surface area contributed by atoms with Crippen LogP contribution in [-0.4, -0.2) is 75.0 Å². The lowest BCUT2D eigenvalue weighted by Gasteiger charge is -2.35. The largest absolute Gasteiger partial charge is 0.379 e. The predicted octanol–water partition coefficient (Wildman–Crippen LogP) is 1.22. The Kier molecular flexibility index (Phi) is 5.28. The van der Waals surface area contributed by atoms with E-state index in [0.29, 0.717) is 18.7 Å². The number of primary amides is 1. The molecule has 0 spiro atoms. The molecule has 3 heterocycles.